The number of hydrogen-bond donors (Lipinski definition) is 1. The van der Waals surface area contributed by atoms with Crippen LogP contribution in [0.2, 0.25) is 5.02 Å². The van der Waals surface area contributed by atoms with Crippen LogP contribution in [-0.4, -0.2) is 33.7 Å². The van der Waals surface area contributed by atoms with E-state index in [4.69, 9.17) is 16.3 Å². The highest BCUT2D eigenvalue weighted by molar-refractivity contribution is 7.92. The maximum atomic E-state index is 13.0. The van der Waals surface area contributed by atoms with Crippen molar-refractivity contribution in [1.29, 1.82) is 0 Å². The third kappa shape index (κ3) is 5.64. The van der Waals surface area contributed by atoms with Gasteiger partial charge in [0.15, 0.2) is 0 Å². The van der Waals surface area contributed by atoms with Crippen molar-refractivity contribution >= 4 is 33.2 Å². The van der Waals surface area contributed by atoms with Crippen LogP contribution in [-0.2, 0) is 14.8 Å². The first-order valence-corrected chi connectivity index (χ1v) is 11.5. The molecule has 29 heavy (non-hydrogen) atoms. The number of halogens is 1. The lowest BCUT2D eigenvalue weighted by Crippen LogP contribution is -2.49. The van der Waals surface area contributed by atoms with Crippen LogP contribution in [0, 0.1) is 6.92 Å². The number of rotatable bonds is 8. The van der Waals surface area contributed by atoms with E-state index in [1.54, 1.807) is 32.2 Å². The summed E-state index contributed by atoms with van der Waals surface area (Å²) in [6, 6.07) is 11.1. The van der Waals surface area contributed by atoms with Gasteiger partial charge in [0, 0.05) is 5.02 Å². The molecule has 0 bridgehead atoms. The second-order valence-corrected chi connectivity index (χ2v) is 9.19. The van der Waals surface area contributed by atoms with Crippen molar-refractivity contribution < 1.29 is 17.9 Å². The molecular formula is C21H27ClN2O4S. The van der Waals surface area contributed by atoms with E-state index in [1.165, 1.54) is 0 Å². The van der Waals surface area contributed by atoms with Crippen molar-refractivity contribution in [2.75, 3.05) is 17.7 Å². The highest BCUT2D eigenvalue weighted by Crippen LogP contribution is 2.28. The van der Waals surface area contributed by atoms with Crippen LogP contribution < -0.4 is 14.4 Å². The van der Waals surface area contributed by atoms with E-state index in [0.29, 0.717) is 17.1 Å². The molecule has 0 spiro atoms. The Bertz CT molecular complexity index is 961. The van der Waals surface area contributed by atoms with Crippen LogP contribution in [0.3, 0.4) is 0 Å². The molecule has 1 N–H and O–H groups in total. The SMILES string of the molecule is CC[C@H](C(=O)N[C@@H](C)c1ccc(OC)cc1)N(c1ccc(C)c(Cl)c1)S(C)(=O)=O. The minimum Gasteiger partial charge on any atom is -0.497 e. The second-order valence-electron chi connectivity index (χ2n) is 6.92. The molecule has 158 valence electrons. The number of nitrogens with one attached hydrogen (secondary N) is 1. The summed E-state index contributed by atoms with van der Waals surface area (Å²) in [5.41, 5.74) is 2.08. The molecule has 1 amide bonds. The summed E-state index contributed by atoms with van der Waals surface area (Å²) >= 11 is 6.19. The number of carbonyl (C=O) groups is 1. The smallest absolute Gasteiger partial charge is 0.244 e. The average Bonchev–Trinajstić information content (AvgIpc) is 2.67. The second kappa shape index (κ2) is 9.50. The lowest BCUT2D eigenvalue weighted by molar-refractivity contribution is -0.122. The molecule has 2 rings (SSSR count). The normalized spacial score (nSPS) is 13.4. The van der Waals surface area contributed by atoms with Gasteiger partial charge in [0.1, 0.15) is 11.8 Å². The fraction of sp³-hybridized carbons (Fsp3) is 0.381. The van der Waals surface area contributed by atoms with Crippen LogP contribution in [0.25, 0.3) is 0 Å². The standard InChI is InChI=1S/C21H27ClN2O4S/c1-6-20(21(25)23-15(3)16-8-11-18(28-4)12-9-16)24(29(5,26)27)17-10-7-14(2)19(22)13-17/h7-13,15,20H,6H2,1-5H3,(H,23,25)/t15-,20+/m0/s1. The Morgan fingerprint density at radius 1 is 1.21 bits per heavy atom. The van der Waals surface area contributed by atoms with Gasteiger partial charge >= 0.3 is 0 Å². The van der Waals surface area contributed by atoms with Gasteiger partial charge in [0.25, 0.3) is 0 Å². The molecule has 0 aliphatic heterocycles. The maximum absolute atomic E-state index is 13.0. The van der Waals surface area contributed by atoms with Gasteiger partial charge in [0.05, 0.1) is 25.1 Å². The Labute approximate surface area is 177 Å². The molecule has 0 aromatic heterocycles. The van der Waals surface area contributed by atoms with Crippen molar-refractivity contribution in [3.63, 3.8) is 0 Å². The predicted octanol–water partition coefficient (Wildman–Crippen LogP) is 4.08. The summed E-state index contributed by atoms with van der Waals surface area (Å²) in [5.74, 6) is 0.344. The first-order chi connectivity index (χ1) is 13.6. The molecule has 0 aliphatic rings. The number of hydrogen-bond acceptors (Lipinski definition) is 4. The molecular weight excluding hydrogens is 412 g/mol. The van der Waals surface area contributed by atoms with Gasteiger partial charge in [-0.15, -0.1) is 0 Å². The fourth-order valence-electron chi connectivity index (χ4n) is 3.06. The monoisotopic (exact) mass is 438 g/mol. The minimum absolute atomic E-state index is 0.300. The Balaban J connectivity index is 2.30. The minimum atomic E-state index is -3.72. The number of amides is 1. The number of nitrogens with zero attached hydrogens (tertiary/aromatic N) is 1. The van der Waals surface area contributed by atoms with Crippen molar-refractivity contribution in [3.8, 4) is 5.75 Å². The number of carbonyl (C=O) groups excluding carboxylic acids is 1. The maximum Gasteiger partial charge on any atom is 0.244 e. The van der Waals surface area contributed by atoms with Crippen LogP contribution in [0.5, 0.6) is 5.75 Å². The fourth-order valence-corrected chi connectivity index (χ4v) is 4.44. The number of sulfonamides is 1. The molecule has 8 heteroatoms. The van der Waals surface area contributed by atoms with E-state index in [-0.39, 0.29) is 11.9 Å². The van der Waals surface area contributed by atoms with Crippen molar-refractivity contribution in [1.82, 2.24) is 5.32 Å². The first kappa shape index (κ1) is 23.0. The molecule has 0 unspecified atom stereocenters. The van der Waals surface area contributed by atoms with Gasteiger partial charge < -0.3 is 10.1 Å². The third-order valence-corrected chi connectivity index (χ3v) is 6.30. The number of anilines is 1. The number of aryl methyl sites for hydroxylation is 1. The van der Waals surface area contributed by atoms with E-state index < -0.39 is 16.1 Å². The lowest BCUT2D eigenvalue weighted by Gasteiger charge is -2.31. The lowest BCUT2D eigenvalue weighted by atomic mass is 10.1. The highest BCUT2D eigenvalue weighted by Gasteiger charge is 2.32. The van der Waals surface area contributed by atoms with Crippen molar-refractivity contribution in [2.24, 2.45) is 0 Å². The summed E-state index contributed by atoms with van der Waals surface area (Å²) in [6.45, 7) is 5.45. The molecule has 0 saturated heterocycles. The first-order valence-electron chi connectivity index (χ1n) is 9.28. The number of ether oxygens (including phenoxy) is 1. The molecule has 0 radical (unpaired) electrons. The summed E-state index contributed by atoms with van der Waals surface area (Å²) in [6.07, 6.45) is 1.39. The third-order valence-electron chi connectivity index (χ3n) is 4.71. The summed E-state index contributed by atoms with van der Waals surface area (Å²) < 4.78 is 31.4. The van der Waals surface area contributed by atoms with E-state index in [0.717, 1.165) is 27.4 Å². The number of benzene rings is 2. The van der Waals surface area contributed by atoms with Gasteiger partial charge in [-0.3, -0.25) is 9.10 Å². The molecule has 2 aromatic rings. The average molecular weight is 439 g/mol. The summed E-state index contributed by atoms with van der Waals surface area (Å²) in [4.78, 5) is 13.0. The van der Waals surface area contributed by atoms with Gasteiger partial charge in [0.2, 0.25) is 15.9 Å². The topological polar surface area (TPSA) is 75.7 Å². The van der Waals surface area contributed by atoms with Crippen molar-refractivity contribution in [3.05, 3.63) is 58.6 Å². The molecule has 0 saturated carbocycles. The Kier molecular flexibility index (Phi) is 7.54. The molecule has 0 aliphatic carbocycles. The van der Waals surface area contributed by atoms with Gasteiger partial charge in [-0.1, -0.05) is 36.7 Å². The largest absolute Gasteiger partial charge is 0.497 e. The highest BCUT2D eigenvalue weighted by atomic mass is 35.5. The zero-order valence-corrected chi connectivity index (χ0v) is 18.8. The molecule has 6 nitrogen and oxygen atoms in total. The van der Waals surface area contributed by atoms with Gasteiger partial charge in [-0.25, -0.2) is 8.42 Å². The molecule has 0 heterocycles. The van der Waals surface area contributed by atoms with Crippen LogP contribution in [0.1, 0.15) is 37.4 Å². The van der Waals surface area contributed by atoms with E-state index in [2.05, 4.69) is 5.32 Å². The zero-order valence-electron chi connectivity index (χ0n) is 17.3. The zero-order chi connectivity index (χ0) is 21.8. The van der Waals surface area contributed by atoms with Crippen molar-refractivity contribution in [2.45, 2.75) is 39.3 Å². The Hall–Kier alpha value is -2.25. The van der Waals surface area contributed by atoms with Crippen LogP contribution in [0.4, 0.5) is 5.69 Å². The quantitative estimate of drug-likeness (QED) is 0.673. The van der Waals surface area contributed by atoms with E-state index in [1.807, 2.05) is 38.1 Å². The molecule has 2 aromatic carbocycles. The predicted molar refractivity (Wildman–Crippen MR) is 117 cm³/mol. The van der Waals surface area contributed by atoms with E-state index in [9.17, 15) is 13.2 Å². The van der Waals surface area contributed by atoms with Gasteiger partial charge in [-0.05, 0) is 55.7 Å². The van der Waals surface area contributed by atoms with Gasteiger partial charge in [-0.2, -0.15) is 0 Å². The summed E-state index contributed by atoms with van der Waals surface area (Å²) in [5, 5.41) is 3.36. The van der Waals surface area contributed by atoms with E-state index >= 15 is 0 Å². The Morgan fingerprint density at radius 3 is 2.31 bits per heavy atom. The Morgan fingerprint density at radius 2 is 1.83 bits per heavy atom. The van der Waals surface area contributed by atoms with Crippen LogP contribution >= 0.6 is 11.6 Å². The molecule has 2 atom stereocenters. The summed E-state index contributed by atoms with van der Waals surface area (Å²) in [7, 11) is -2.13. The van der Waals surface area contributed by atoms with Crippen LogP contribution in [0.15, 0.2) is 42.5 Å². The number of methoxy groups -OCH3 is 1. The molecule has 0 fully saturated rings.